The fourth-order valence-corrected chi connectivity index (χ4v) is 3.27. The Morgan fingerprint density at radius 1 is 1.57 bits per heavy atom. The van der Waals surface area contributed by atoms with Gasteiger partial charge in [-0.15, -0.1) is 11.3 Å². The second-order valence-corrected chi connectivity index (χ2v) is 6.41. The van der Waals surface area contributed by atoms with E-state index < -0.39 is 0 Å². The fraction of sp³-hybridized carbons (Fsp3) is 0.500. The van der Waals surface area contributed by atoms with E-state index in [1.807, 2.05) is 31.4 Å². The van der Waals surface area contributed by atoms with Crippen LogP contribution in [0.3, 0.4) is 0 Å². The number of rotatable bonds is 4. The maximum absolute atomic E-state index is 12.7. The number of hydrogen-bond donors (Lipinski definition) is 1. The highest BCUT2D eigenvalue weighted by molar-refractivity contribution is 7.09. The highest BCUT2D eigenvalue weighted by Crippen LogP contribution is 2.27. The van der Waals surface area contributed by atoms with Gasteiger partial charge in [0, 0.05) is 24.5 Å². The van der Waals surface area contributed by atoms with Crippen LogP contribution in [-0.4, -0.2) is 35.7 Å². The fourth-order valence-electron chi connectivity index (χ4n) is 2.62. The molecule has 0 aromatic carbocycles. The number of aryl methyl sites for hydroxylation is 1. The molecule has 2 unspecified atom stereocenters. The van der Waals surface area contributed by atoms with Gasteiger partial charge in [0.05, 0.1) is 19.3 Å². The average molecular weight is 335 g/mol. The topological polar surface area (TPSA) is 67.6 Å². The normalized spacial score (nSPS) is 19.6. The lowest BCUT2D eigenvalue weighted by molar-refractivity contribution is 0.00350. The second-order valence-electron chi connectivity index (χ2n) is 5.48. The molecular weight excluding hydrogens is 314 g/mol. The van der Waals surface area contributed by atoms with Crippen molar-refractivity contribution in [2.45, 2.75) is 32.4 Å². The van der Waals surface area contributed by atoms with Crippen molar-refractivity contribution in [2.75, 3.05) is 19.8 Å². The van der Waals surface area contributed by atoms with Crippen LogP contribution in [0.1, 0.15) is 42.5 Å². The Kier molecular flexibility index (Phi) is 4.97. The number of ether oxygens (including phenoxy) is 1. The van der Waals surface area contributed by atoms with E-state index in [1.54, 1.807) is 11.1 Å². The van der Waals surface area contributed by atoms with Crippen molar-refractivity contribution >= 4 is 17.4 Å². The zero-order valence-electron chi connectivity index (χ0n) is 13.3. The number of carbonyl (C=O) groups excluding carboxylic acids is 1. The lowest BCUT2D eigenvalue weighted by atomic mass is 10.2. The van der Waals surface area contributed by atoms with Gasteiger partial charge in [0.25, 0.3) is 0 Å². The van der Waals surface area contributed by atoms with Crippen molar-refractivity contribution in [1.29, 1.82) is 0 Å². The number of furan rings is 1. The maximum Gasteiger partial charge on any atom is 0.318 e. The van der Waals surface area contributed by atoms with Crippen LogP contribution in [0.4, 0.5) is 4.79 Å². The number of aromatic nitrogens is 1. The molecule has 0 saturated carbocycles. The van der Waals surface area contributed by atoms with Gasteiger partial charge in [0.2, 0.25) is 0 Å². The predicted molar refractivity (Wildman–Crippen MR) is 87.4 cm³/mol. The number of nitrogens with one attached hydrogen (secondary N) is 1. The number of urea groups is 1. The van der Waals surface area contributed by atoms with Crippen LogP contribution in [0.5, 0.6) is 0 Å². The van der Waals surface area contributed by atoms with E-state index in [0.717, 1.165) is 22.9 Å². The van der Waals surface area contributed by atoms with Crippen LogP contribution in [0.2, 0.25) is 0 Å². The molecule has 0 aliphatic carbocycles. The second kappa shape index (κ2) is 7.14. The molecule has 1 fully saturated rings. The molecule has 23 heavy (non-hydrogen) atoms. The third-order valence-corrected chi connectivity index (χ3v) is 4.87. The summed E-state index contributed by atoms with van der Waals surface area (Å²) in [5, 5.41) is 5.82. The molecule has 1 aliphatic rings. The van der Waals surface area contributed by atoms with Crippen molar-refractivity contribution in [3.63, 3.8) is 0 Å². The van der Waals surface area contributed by atoms with Gasteiger partial charge in [-0.2, -0.15) is 0 Å². The number of hydrogen-bond acceptors (Lipinski definition) is 5. The zero-order chi connectivity index (χ0) is 16.2. The summed E-state index contributed by atoms with van der Waals surface area (Å²) in [6.45, 7) is 5.52. The van der Waals surface area contributed by atoms with Gasteiger partial charge >= 0.3 is 6.03 Å². The molecule has 3 heterocycles. The third kappa shape index (κ3) is 3.56. The first-order valence-electron chi connectivity index (χ1n) is 7.82. The van der Waals surface area contributed by atoms with Gasteiger partial charge in [-0.05, 0) is 19.1 Å². The summed E-state index contributed by atoms with van der Waals surface area (Å²) in [6, 6.07) is 3.47. The molecule has 2 amide bonds. The number of morpholine rings is 1. The van der Waals surface area contributed by atoms with Crippen LogP contribution in [0, 0.1) is 0 Å². The first-order chi connectivity index (χ1) is 11.2. The van der Waals surface area contributed by atoms with E-state index in [-0.39, 0.29) is 18.1 Å². The molecule has 3 rings (SSSR count). The van der Waals surface area contributed by atoms with Crippen molar-refractivity contribution in [3.05, 3.63) is 40.2 Å². The van der Waals surface area contributed by atoms with Gasteiger partial charge in [-0.25, -0.2) is 9.78 Å². The van der Waals surface area contributed by atoms with E-state index in [2.05, 4.69) is 10.3 Å². The lowest BCUT2D eigenvalue weighted by Gasteiger charge is -2.35. The van der Waals surface area contributed by atoms with Crippen molar-refractivity contribution in [3.8, 4) is 0 Å². The van der Waals surface area contributed by atoms with Crippen LogP contribution < -0.4 is 5.32 Å². The molecule has 0 bridgehead atoms. The summed E-state index contributed by atoms with van der Waals surface area (Å²) in [5.41, 5.74) is 0. The number of carbonyl (C=O) groups is 1. The average Bonchev–Trinajstić information content (AvgIpc) is 3.26. The van der Waals surface area contributed by atoms with E-state index >= 15 is 0 Å². The molecule has 6 nitrogen and oxygen atoms in total. The van der Waals surface area contributed by atoms with Gasteiger partial charge in [-0.3, -0.25) is 0 Å². The van der Waals surface area contributed by atoms with Crippen molar-refractivity contribution < 1.29 is 13.9 Å². The first kappa shape index (κ1) is 16.0. The zero-order valence-corrected chi connectivity index (χ0v) is 14.1. The van der Waals surface area contributed by atoms with Gasteiger partial charge in [0.1, 0.15) is 22.6 Å². The van der Waals surface area contributed by atoms with Crippen LogP contribution >= 0.6 is 11.3 Å². The Labute approximate surface area is 139 Å². The minimum absolute atomic E-state index is 0.115. The Morgan fingerprint density at radius 2 is 2.43 bits per heavy atom. The standard InChI is InChI=1S/C16H21N3O3S/c1-3-12-4-5-14(22-12)13-10-21-8-7-19(13)16(20)18-11(2)15-17-6-9-23-15/h4-6,9,11,13H,3,7-8,10H2,1-2H3,(H,18,20). The van der Waals surface area contributed by atoms with E-state index in [4.69, 9.17) is 9.15 Å². The lowest BCUT2D eigenvalue weighted by Crippen LogP contribution is -2.48. The molecule has 2 aromatic heterocycles. The summed E-state index contributed by atoms with van der Waals surface area (Å²) in [6.07, 6.45) is 2.58. The monoisotopic (exact) mass is 335 g/mol. The summed E-state index contributed by atoms with van der Waals surface area (Å²) in [5.74, 6) is 1.70. The van der Waals surface area contributed by atoms with Crippen molar-refractivity contribution in [2.24, 2.45) is 0 Å². The molecule has 2 atom stereocenters. The minimum atomic E-state index is -0.187. The van der Waals surface area contributed by atoms with Crippen LogP contribution in [0.15, 0.2) is 28.1 Å². The molecule has 0 spiro atoms. The summed E-state index contributed by atoms with van der Waals surface area (Å²) in [4.78, 5) is 18.7. The number of amides is 2. The molecule has 124 valence electrons. The van der Waals surface area contributed by atoms with Crippen LogP contribution in [0.25, 0.3) is 0 Å². The highest BCUT2D eigenvalue weighted by Gasteiger charge is 2.31. The highest BCUT2D eigenvalue weighted by atomic mass is 32.1. The van der Waals surface area contributed by atoms with Gasteiger partial charge < -0.3 is 19.4 Å². The van der Waals surface area contributed by atoms with Gasteiger partial charge in [0.15, 0.2) is 0 Å². The Hall–Kier alpha value is -1.86. The maximum atomic E-state index is 12.7. The Morgan fingerprint density at radius 3 is 3.13 bits per heavy atom. The molecule has 1 aliphatic heterocycles. The smallest absolute Gasteiger partial charge is 0.318 e. The number of thiazole rings is 1. The van der Waals surface area contributed by atoms with Gasteiger partial charge in [-0.1, -0.05) is 6.92 Å². The minimum Gasteiger partial charge on any atom is -0.464 e. The largest absolute Gasteiger partial charge is 0.464 e. The molecule has 7 heteroatoms. The van der Waals surface area contributed by atoms with Crippen molar-refractivity contribution in [1.82, 2.24) is 15.2 Å². The quantitative estimate of drug-likeness (QED) is 0.932. The summed E-state index contributed by atoms with van der Waals surface area (Å²) >= 11 is 1.54. The number of nitrogens with zero attached hydrogens (tertiary/aromatic N) is 2. The Balaban J connectivity index is 1.71. The SMILES string of the molecule is CCc1ccc(C2COCCN2C(=O)NC(C)c2nccs2)o1. The molecule has 1 saturated heterocycles. The predicted octanol–water partition coefficient (Wildman–Crippen LogP) is 3.14. The van der Waals surface area contributed by atoms with Crippen LogP contribution in [-0.2, 0) is 11.2 Å². The molecule has 1 N–H and O–H groups in total. The van der Waals surface area contributed by atoms with E-state index in [0.29, 0.717) is 19.8 Å². The first-order valence-corrected chi connectivity index (χ1v) is 8.70. The molecule has 2 aromatic rings. The Bertz CT molecular complexity index is 641. The summed E-state index contributed by atoms with van der Waals surface area (Å²) < 4.78 is 11.4. The van der Waals surface area contributed by atoms with E-state index in [9.17, 15) is 4.79 Å². The molecule has 0 radical (unpaired) electrons. The molecular formula is C16H21N3O3S. The third-order valence-electron chi connectivity index (χ3n) is 3.91. The summed E-state index contributed by atoms with van der Waals surface area (Å²) in [7, 11) is 0. The van der Waals surface area contributed by atoms with E-state index in [1.165, 1.54) is 11.3 Å².